The molecule has 1 aliphatic heterocycles. The third-order valence-electron chi connectivity index (χ3n) is 4.01. The highest BCUT2D eigenvalue weighted by molar-refractivity contribution is 8.00. The maximum Gasteiger partial charge on any atom is 0.321 e. The van der Waals surface area contributed by atoms with Crippen LogP contribution < -0.4 is 5.32 Å². The lowest BCUT2D eigenvalue weighted by Gasteiger charge is -2.26. The largest absolute Gasteiger partial charge is 0.378 e. The minimum absolute atomic E-state index is 0.0329. The Kier molecular flexibility index (Phi) is 5.04. The zero-order chi connectivity index (χ0) is 14.5. The van der Waals surface area contributed by atoms with Gasteiger partial charge in [-0.15, -0.1) is 11.8 Å². The monoisotopic (exact) mass is 306 g/mol. The number of morpholine rings is 1. The molecule has 1 aromatic carbocycles. The Hall–Kier alpha value is -1.20. The van der Waals surface area contributed by atoms with E-state index in [1.54, 1.807) is 4.90 Å². The van der Waals surface area contributed by atoms with E-state index in [0.29, 0.717) is 26.3 Å². The highest BCUT2D eigenvalue weighted by Gasteiger charge is 2.17. The van der Waals surface area contributed by atoms with Crippen LogP contribution in [-0.4, -0.2) is 42.5 Å². The molecule has 5 heteroatoms. The minimum atomic E-state index is -0.0329. The average Bonchev–Trinajstić information content (AvgIpc) is 3.03. The van der Waals surface area contributed by atoms with Crippen molar-refractivity contribution in [3.63, 3.8) is 0 Å². The van der Waals surface area contributed by atoms with Gasteiger partial charge in [0.05, 0.1) is 13.2 Å². The van der Waals surface area contributed by atoms with Gasteiger partial charge >= 0.3 is 6.03 Å². The van der Waals surface area contributed by atoms with Crippen LogP contribution in [-0.2, 0) is 4.74 Å². The molecule has 1 N–H and O–H groups in total. The topological polar surface area (TPSA) is 41.6 Å². The summed E-state index contributed by atoms with van der Waals surface area (Å²) in [5.41, 5.74) is 0.863. The molecule has 2 aliphatic rings. The Morgan fingerprint density at radius 2 is 1.81 bits per heavy atom. The number of hydrogen-bond acceptors (Lipinski definition) is 3. The minimum Gasteiger partial charge on any atom is -0.378 e. The number of carbonyl (C=O) groups excluding carboxylic acids is 1. The number of nitrogens with one attached hydrogen (secondary N) is 1. The molecule has 1 heterocycles. The van der Waals surface area contributed by atoms with Crippen LogP contribution in [0.5, 0.6) is 0 Å². The molecule has 3 rings (SSSR count). The van der Waals surface area contributed by atoms with Crippen molar-refractivity contribution in [1.29, 1.82) is 0 Å². The van der Waals surface area contributed by atoms with Crippen molar-refractivity contribution in [3.8, 4) is 0 Å². The van der Waals surface area contributed by atoms with Gasteiger partial charge in [-0.05, 0) is 37.1 Å². The van der Waals surface area contributed by atoms with Crippen LogP contribution in [0.15, 0.2) is 29.2 Å². The second-order valence-corrected chi connectivity index (χ2v) is 6.95. The standard InChI is InChI=1S/C16H22N2O2S/c19-16(18-9-11-20-12-10-18)17-13-5-7-15(8-6-13)21-14-3-1-2-4-14/h5-8,14H,1-4,9-12H2,(H,17,19). The van der Waals surface area contributed by atoms with E-state index in [-0.39, 0.29) is 6.03 Å². The van der Waals surface area contributed by atoms with E-state index in [0.717, 1.165) is 10.9 Å². The Balaban J connectivity index is 1.52. The maximum absolute atomic E-state index is 12.1. The van der Waals surface area contributed by atoms with Gasteiger partial charge in [-0.25, -0.2) is 4.79 Å². The molecule has 2 fully saturated rings. The van der Waals surface area contributed by atoms with Gasteiger partial charge < -0.3 is 15.0 Å². The summed E-state index contributed by atoms with van der Waals surface area (Å²) >= 11 is 1.97. The van der Waals surface area contributed by atoms with E-state index < -0.39 is 0 Å². The SMILES string of the molecule is O=C(Nc1ccc(SC2CCCC2)cc1)N1CCOCC1. The van der Waals surface area contributed by atoms with Crippen molar-refractivity contribution in [1.82, 2.24) is 4.90 Å². The molecule has 2 amide bonds. The van der Waals surface area contributed by atoms with E-state index in [1.165, 1.54) is 30.6 Å². The number of carbonyl (C=O) groups is 1. The molecule has 4 nitrogen and oxygen atoms in total. The molecule has 0 aromatic heterocycles. The molecule has 0 spiro atoms. The maximum atomic E-state index is 12.1. The van der Waals surface area contributed by atoms with Gasteiger partial charge in [0.25, 0.3) is 0 Å². The van der Waals surface area contributed by atoms with Crippen molar-refractivity contribution in [2.75, 3.05) is 31.6 Å². The smallest absolute Gasteiger partial charge is 0.321 e. The molecule has 0 radical (unpaired) electrons. The van der Waals surface area contributed by atoms with E-state index in [4.69, 9.17) is 4.74 Å². The number of nitrogens with zero attached hydrogens (tertiary/aromatic N) is 1. The zero-order valence-electron chi connectivity index (χ0n) is 12.2. The lowest BCUT2D eigenvalue weighted by molar-refractivity contribution is 0.0564. The molecule has 1 aromatic rings. The fourth-order valence-electron chi connectivity index (χ4n) is 2.78. The van der Waals surface area contributed by atoms with Gasteiger partial charge in [-0.1, -0.05) is 12.8 Å². The van der Waals surface area contributed by atoms with Crippen LogP contribution in [0.4, 0.5) is 10.5 Å². The van der Waals surface area contributed by atoms with Crippen LogP contribution in [0.2, 0.25) is 0 Å². The summed E-state index contributed by atoms with van der Waals surface area (Å²) in [7, 11) is 0. The predicted molar refractivity (Wildman–Crippen MR) is 86.0 cm³/mol. The van der Waals surface area contributed by atoms with Gasteiger partial charge in [0, 0.05) is 28.9 Å². The number of amides is 2. The lowest BCUT2D eigenvalue weighted by atomic mass is 10.3. The fourth-order valence-corrected chi connectivity index (χ4v) is 4.03. The average molecular weight is 306 g/mol. The molecule has 1 aliphatic carbocycles. The first-order valence-corrected chi connectivity index (χ1v) is 8.59. The normalized spacial score (nSPS) is 19.7. The number of ether oxygens (including phenoxy) is 1. The highest BCUT2D eigenvalue weighted by Crippen LogP contribution is 2.34. The Morgan fingerprint density at radius 1 is 1.14 bits per heavy atom. The summed E-state index contributed by atoms with van der Waals surface area (Å²) < 4.78 is 5.25. The van der Waals surface area contributed by atoms with E-state index in [9.17, 15) is 4.79 Å². The zero-order valence-corrected chi connectivity index (χ0v) is 13.0. The van der Waals surface area contributed by atoms with Crippen molar-refractivity contribution < 1.29 is 9.53 Å². The number of thioether (sulfide) groups is 1. The molecule has 0 bridgehead atoms. The predicted octanol–water partition coefficient (Wildman–Crippen LogP) is 3.59. The quantitative estimate of drug-likeness (QED) is 0.928. The first-order valence-electron chi connectivity index (χ1n) is 7.72. The van der Waals surface area contributed by atoms with Gasteiger partial charge in [-0.3, -0.25) is 0 Å². The van der Waals surface area contributed by atoms with Crippen LogP contribution in [0.1, 0.15) is 25.7 Å². The summed E-state index contributed by atoms with van der Waals surface area (Å²) in [4.78, 5) is 15.2. The third-order valence-corrected chi connectivity index (χ3v) is 5.36. The lowest BCUT2D eigenvalue weighted by Crippen LogP contribution is -2.43. The molecule has 0 atom stereocenters. The van der Waals surface area contributed by atoms with E-state index in [2.05, 4.69) is 17.4 Å². The summed E-state index contributed by atoms with van der Waals surface area (Å²) in [6.45, 7) is 2.59. The van der Waals surface area contributed by atoms with Gasteiger partial charge in [-0.2, -0.15) is 0 Å². The van der Waals surface area contributed by atoms with Crippen LogP contribution >= 0.6 is 11.8 Å². The highest BCUT2D eigenvalue weighted by atomic mass is 32.2. The van der Waals surface area contributed by atoms with Gasteiger partial charge in [0.1, 0.15) is 0 Å². The summed E-state index contributed by atoms with van der Waals surface area (Å²) in [5.74, 6) is 0. The first kappa shape index (κ1) is 14.7. The van der Waals surface area contributed by atoms with Crippen molar-refractivity contribution in [3.05, 3.63) is 24.3 Å². The molecule has 21 heavy (non-hydrogen) atoms. The van der Waals surface area contributed by atoms with Crippen molar-refractivity contribution >= 4 is 23.5 Å². The Labute approximate surface area is 130 Å². The second kappa shape index (κ2) is 7.18. The molecule has 1 saturated heterocycles. The second-order valence-electron chi connectivity index (χ2n) is 5.58. The van der Waals surface area contributed by atoms with Crippen LogP contribution in [0.3, 0.4) is 0 Å². The Bertz CT molecular complexity index is 466. The fraction of sp³-hybridized carbons (Fsp3) is 0.562. The first-order chi connectivity index (χ1) is 10.3. The number of benzene rings is 1. The molecule has 0 unspecified atom stereocenters. The summed E-state index contributed by atoms with van der Waals surface area (Å²) in [6.07, 6.45) is 5.40. The molecular formula is C16H22N2O2S. The van der Waals surface area contributed by atoms with Crippen LogP contribution in [0, 0.1) is 0 Å². The third kappa shape index (κ3) is 4.14. The van der Waals surface area contributed by atoms with Crippen molar-refractivity contribution in [2.24, 2.45) is 0 Å². The number of anilines is 1. The Morgan fingerprint density at radius 3 is 2.48 bits per heavy atom. The van der Waals surface area contributed by atoms with Crippen molar-refractivity contribution in [2.45, 2.75) is 35.8 Å². The number of rotatable bonds is 3. The van der Waals surface area contributed by atoms with Gasteiger partial charge in [0.2, 0.25) is 0 Å². The van der Waals surface area contributed by atoms with Gasteiger partial charge in [0.15, 0.2) is 0 Å². The number of hydrogen-bond donors (Lipinski definition) is 1. The van der Waals surface area contributed by atoms with Crippen LogP contribution in [0.25, 0.3) is 0 Å². The number of urea groups is 1. The van der Waals surface area contributed by atoms with E-state index in [1.807, 2.05) is 23.9 Å². The molecular weight excluding hydrogens is 284 g/mol. The molecule has 1 saturated carbocycles. The van der Waals surface area contributed by atoms with E-state index >= 15 is 0 Å². The summed E-state index contributed by atoms with van der Waals surface area (Å²) in [6, 6.07) is 8.18. The summed E-state index contributed by atoms with van der Waals surface area (Å²) in [5, 5.41) is 3.73. The molecule has 114 valence electrons.